The third kappa shape index (κ3) is 2.41. The Balaban J connectivity index is 1.84. The molecule has 5 heteroatoms. The molecule has 1 amide bonds. The van der Waals surface area contributed by atoms with Gasteiger partial charge in [-0.05, 0) is 25.0 Å². The maximum Gasteiger partial charge on any atom is 0.335 e. The van der Waals surface area contributed by atoms with Gasteiger partial charge >= 0.3 is 5.97 Å². The first-order valence-corrected chi connectivity index (χ1v) is 6.43. The molecule has 1 aromatic carbocycles. The van der Waals surface area contributed by atoms with Crippen molar-refractivity contribution in [1.29, 1.82) is 0 Å². The van der Waals surface area contributed by atoms with Crippen molar-refractivity contribution >= 4 is 11.9 Å². The number of rotatable bonds is 2. The average molecular weight is 261 g/mol. The minimum Gasteiger partial charge on any atom is -0.491 e. The highest BCUT2D eigenvalue weighted by atomic mass is 16.5. The molecule has 0 bridgehead atoms. The summed E-state index contributed by atoms with van der Waals surface area (Å²) in [4.78, 5) is 24.8. The number of hydrogen-bond donors (Lipinski definition) is 1. The van der Waals surface area contributed by atoms with Gasteiger partial charge in [-0.1, -0.05) is 6.07 Å². The van der Waals surface area contributed by atoms with Gasteiger partial charge in [0, 0.05) is 18.0 Å². The Kier molecular flexibility index (Phi) is 2.89. The summed E-state index contributed by atoms with van der Waals surface area (Å²) in [6.45, 7) is 1.48. The van der Waals surface area contributed by atoms with Crippen molar-refractivity contribution in [2.75, 3.05) is 13.2 Å². The number of carbonyl (C=O) groups excluding carboxylic acids is 1. The molecule has 1 saturated carbocycles. The molecule has 0 saturated heterocycles. The van der Waals surface area contributed by atoms with Gasteiger partial charge in [0.25, 0.3) is 0 Å². The summed E-state index contributed by atoms with van der Waals surface area (Å²) in [5.74, 6) is -0.00818. The van der Waals surface area contributed by atoms with E-state index in [-0.39, 0.29) is 17.4 Å². The molecule has 5 nitrogen and oxygen atoms in total. The highest BCUT2D eigenvalue weighted by Crippen LogP contribution is 2.33. The van der Waals surface area contributed by atoms with Crippen LogP contribution >= 0.6 is 0 Å². The first-order chi connectivity index (χ1) is 9.15. The van der Waals surface area contributed by atoms with Crippen LogP contribution in [-0.4, -0.2) is 35.0 Å². The van der Waals surface area contributed by atoms with Gasteiger partial charge in [0.05, 0.1) is 12.1 Å². The number of amides is 1. The molecule has 0 aromatic heterocycles. The second kappa shape index (κ2) is 4.57. The Labute approximate surface area is 110 Å². The van der Waals surface area contributed by atoms with Gasteiger partial charge in [0.2, 0.25) is 5.91 Å². The van der Waals surface area contributed by atoms with Gasteiger partial charge in [-0.3, -0.25) is 4.79 Å². The van der Waals surface area contributed by atoms with Gasteiger partial charge in [-0.15, -0.1) is 0 Å². The molecular weight excluding hydrogens is 246 g/mol. The minimum absolute atomic E-state index is 0.193. The smallest absolute Gasteiger partial charge is 0.335 e. The molecule has 0 spiro atoms. The van der Waals surface area contributed by atoms with Crippen LogP contribution in [0.25, 0.3) is 0 Å². The number of carbonyl (C=O) groups is 2. The van der Waals surface area contributed by atoms with Crippen molar-refractivity contribution in [3.63, 3.8) is 0 Å². The first-order valence-electron chi connectivity index (χ1n) is 6.43. The first kappa shape index (κ1) is 12.0. The third-order valence-electron chi connectivity index (χ3n) is 3.53. The molecule has 0 atom stereocenters. The van der Waals surface area contributed by atoms with E-state index < -0.39 is 5.97 Å². The molecule has 19 heavy (non-hydrogen) atoms. The van der Waals surface area contributed by atoms with Gasteiger partial charge < -0.3 is 14.7 Å². The molecule has 2 aliphatic rings. The molecule has 100 valence electrons. The topological polar surface area (TPSA) is 66.8 Å². The van der Waals surface area contributed by atoms with Crippen LogP contribution in [0.15, 0.2) is 18.2 Å². The van der Waals surface area contributed by atoms with Crippen molar-refractivity contribution in [3.8, 4) is 5.75 Å². The lowest BCUT2D eigenvalue weighted by Gasteiger charge is -2.19. The summed E-state index contributed by atoms with van der Waals surface area (Å²) >= 11 is 0. The number of fused-ring (bicyclic) bond motifs is 1. The number of ether oxygens (including phenoxy) is 1. The van der Waals surface area contributed by atoms with Gasteiger partial charge in [-0.2, -0.15) is 0 Å². The molecule has 0 unspecified atom stereocenters. The van der Waals surface area contributed by atoms with Crippen molar-refractivity contribution in [1.82, 2.24) is 4.90 Å². The van der Waals surface area contributed by atoms with Crippen LogP contribution < -0.4 is 4.74 Å². The van der Waals surface area contributed by atoms with E-state index in [1.54, 1.807) is 12.1 Å². The molecule has 1 N–H and O–H groups in total. The van der Waals surface area contributed by atoms with E-state index in [1.807, 2.05) is 4.90 Å². The van der Waals surface area contributed by atoms with Gasteiger partial charge in [0.15, 0.2) is 0 Å². The summed E-state index contributed by atoms with van der Waals surface area (Å²) < 4.78 is 5.56. The van der Waals surface area contributed by atoms with E-state index >= 15 is 0 Å². The number of aromatic carboxylic acids is 1. The molecular formula is C14H15NO4. The molecule has 0 radical (unpaired) electrons. The van der Waals surface area contributed by atoms with E-state index in [0.29, 0.717) is 25.4 Å². The summed E-state index contributed by atoms with van der Waals surface area (Å²) in [6.07, 6.45) is 1.97. The monoisotopic (exact) mass is 261 g/mol. The fraction of sp³-hybridized carbons (Fsp3) is 0.429. The lowest BCUT2D eigenvalue weighted by Crippen LogP contribution is -2.33. The maximum absolute atomic E-state index is 12.1. The zero-order chi connectivity index (χ0) is 13.4. The Bertz CT molecular complexity index is 536. The minimum atomic E-state index is -0.971. The predicted molar refractivity (Wildman–Crippen MR) is 67.0 cm³/mol. The normalized spacial score (nSPS) is 18.2. The lowest BCUT2D eigenvalue weighted by atomic mass is 10.1. The largest absolute Gasteiger partial charge is 0.491 e. The van der Waals surface area contributed by atoms with Crippen LogP contribution in [0.3, 0.4) is 0 Å². The van der Waals surface area contributed by atoms with Crippen LogP contribution in [0.4, 0.5) is 0 Å². The van der Waals surface area contributed by atoms with E-state index in [4.69, 9.17) is 9.84 Å². The van der Waals surface area contributed by atoms with Crippen LogP contribution in [0.2, 0.25) is 0 Å². The summed E-state index contributed by atoms with van der Waals surface area (Å²) in [5, 5.41) is 8.96. The fourth-order valence-corrected chi connectivity index (χ4v) is 2.28. The summed E-state index contributed by atoms with van der Waals surface area (Å²) in [7, 11) is 0. The number of hydrogen-bond acceptors (Lipinski definition) is 3. The zero-order valence-electron chi connectivity index (χ0n) is 10.5. The second-order valence-corrected chi connectivity index (χ2v) is 5.01. The van der Waals surface area contributed by atoms with Crippen molar-refractivity contribution in [2.45, 2.75) is 19.4 Å². The Morgan fingerprint density at radius 2 is 2.11 bits per heavy atom. The average Bonchev–Trinajstić information content (AvgIpc) is 3.23. The van der Waals surface area contributed by atoms with Gasteiger partial charge in [0.1, 0.15) is 12.4 Å². The highest BCUT2D eigenvalue weighted by Gasteiger charge is 2.34. The molecule has 3 rings (SSSR count). The van der Waals surface area contributed by atoms with Crippen molar-refractivity contribution < 1.29 is 19.4 Å². The van der Waals surface area contributed by atoms with Crippen LogP contribution in [0, 0.1) is 5.92 Å². The fourth-order valence-electron chi connectivity index (χ4n) is 2.28. The number of benzene rings is 1. The predicted octanol–water partition coefficient (Wildman–Crippen LogP) is 1.52. The van der Waals surface area contributed by atoms with E-state index in [2.05, 4.69) is 0 Å². The Morgan fingerprint density at radius 3 is 2.79 bits per heavy atom. The molecule has 1 heterocycles. The summed E-state index contributed by atoms with van der Waals surface area (Å²) in [5.41, 5.74) is 1.08. The van der Waals surface area contributed by atoms with Crippen LogP contribution in [-0.2, 0) is 11.3 Å². The number of nitrogens with zero attached hydrogens (tertiary/aromatic N) is 1. The standard InChI is InChI=1S/C14H15NO4/c16-13(9-1-2-9)15-5-6-19-12-7-10(14(17)18)3-4-11(12)8-15/h3-4,7,9H,1-2,5-6,8H2,(H,17,18). The zero-order valence-corrected chi connectivity index (χ0v) is 10.5. The number of carboxylic acids is 1. The quantitative estimate of drug-likeness (QED) is 0.876. The Hall–Kier alpha value is -2.04. The lowest BCUT2D eigenvalue weighted by molar-refractivity contribution is -0.133. The molecule has 1 aliphatic carbocycles. The summed E-state index contributed by atoms with van der Waals surface area (Å²) in [6, 6.07) is 4.82. The maximum atomic E-state index is 12.1. The van der Waals surface area contributed by atoms with E-state index in [0.717, 1.165) is 18.4 Å². The van der Waals surface area contributed by atoms with Crippen molar-refractivity contribution in [2.24, 2.45) is 5.92 Å². The highest BCUT2D eigenvalue weighted by molar-refractivity contribution is 5.88. The van der Waals surface area contributed by atoms with E-state index in [1.165, 1.54) is 6.07 Å². The van der Waals surface area contributed by atoms with Crippen LogP contribution in [0.1, 0.15) is 28.8 Å². The molecule has 1 aliphatic heterocycles. The SMILES string of the molecule is O=C(O)c1ccc2c(c1)OCCN(C(=O)C1CC1)C2. The third-order valence-corrected chi connectivity index (χ3v) is 3.53. The molecule has 1 aromatic rings. The van der Waals surface area contributed by atoms with Gasteiger partial charge in [-0.25, -0.2) is 4.79 Å². The molecule has 1 fully saturated rings. The van der Waals surface area contributed by atoms with Crippen LogP contribution in [0.5, 0.6) is 5.75 Å². The number of carboxylic acid groups (broad SMARTS) is 1. The van der Waals surface area contributed by atoms with E-state index in [9.17, 15) is 9.59 Å². The second-order valence-electron chi connectivity index (χ2n) is 5.01. The Morgan fingerprint density at radius 1 is 1.32 bits per heavy atom. The van der Waals surface area contributed by atoms with Crippen molar-refractivity contribution in [3.05, 3.63) is 29.3 Å².